The van der Waals surface area contributed by atoms with Crippen LogP contribution in [0.2, 0.25) is 0 Å². The minimum absolute atomic E-state index is 0.201. The molecule has 0 fully saturated rings. The van der Waals surface area contributed by atoms with Gasteiger partial charge in [0.2, 0.25) is 5.88 Å². The first kappa shape index (κ1) is 13.9. The molecule has 0 aliphatic heterocycles. The van der Waals surface area contributed by atoms with Crippen molar-refractivity contribution in [2.75, 3.05) is 13.2 Å². The fraction of sp³-hybridized carbons (Fsp3) is 0.545. The van der Waals surface area contributed by atoms with Gasteiger partial charge in [-0.3, -0.25) is 4.68 Å². The van der Waals surface area contributed by atoms with Gasteiger partial charge in [-0.2, -0.15) is 9.47 Å². The van der Waals surface area contributed by atoms with E-state index in [2.05, 4.69) is 19.2 Å². The highest BCUT2D eigenvalue weighted by Crippen LogP contribution is 2.05. The molecule has 2 unspecified atom stereocenters. The summed E-state index contributed by atoms with van der Waals surface area (Å²) in [7, 11) is 0. The van der Waals surface area contributed by atoms with E-state index >= 15 is 0 Å². The number of aromatic nitrogens is 4. The van der Waals surface area contributed by atoms with Gasteiger partial charge in [0.15, 0.2) is 0 Å². The molecule has 2 heterocycles. The maximum Gasteiger partial charge on any atom is 0.245 e. The molecule has 0 saturated heterocycles. The van der Waals surface area contributed by atoms with E-state index in [0.717, 1.165) is 18.3 Å². The highest BCUT2D eigenvalue weighted by atomic mass is 32.1. The Morgan fingerprint density at radius 2 is 2.47 bits per heavy atom. The van der Waals surface area contributed by atoms with Gasteiger partial charge in [-0.1, -0.05) is 0 Å². The molecule has 2 aromatic heterocycles. The predicted molar refractivity (Wildman–Crippen MR) is 71.1 cm³/mol. The van der Waals surface area contributed by atoms with Crippen molar-refractivity contribution in [1.82, 2.24) is 23.8 Å². The topological polar surface area (TPSA) is 85.1 Å². The number of hydrogen-bond donors (Lipinski definition) is 2. The van der Waals surface area contributed by atoms with Crippen LogP contribution >= 0.6 is 11.7 Å². The maximum atomic E-state index is 9.77. The van der Waals surface area contributed by atoms with E-state index in [0.29, 0.717) is 12.4 Å². The molecule has 0 aliphatic rings. The summed E-state index contributed by atoms with van der Waals surface area (Å²) < 4.78 is 14.8. The SMILES string of the molecule is CC(Cn1cccn1)NCC(O)COc1cnsn1. The molecule has 2 N–H and O–H groups in total. The number of aliphatic hydroxyl groups excluding tert-OH is 1. The van der Waals surface area contributed by atoms with Crippen molar-refractivity contribution < 1.29 is 9.84 Å². The Morgan fingerprint density at radius 3 is 3.16 bits per heavy atom. The lowest BCUT2D eigenvalue weighted by Crippen LogP contribution is -2.38. The number of rotatable bonds is 8. The first-order valence-corrected chi connectivity index (χ1v) is 6.76. The number of ether oxygens (including phenoxy) is 1. The van der Waals surface area contributed by atoms with E-state index in [9.17, 15) is 5.11 Å². The highest BCUT2D eigenvalue weighted by Gasteiger charge is 2.09. The minimum atomic E-state index is -0.582. The zero-order valence-corrected chi connectivity index (χ0v) is 11.5. The molecule has 0 saturated carbocycles. The van der Waals surface area contributed by atoms with E-state index in [4.69, 9.17) is 4.74 Å². The summed E-state index contributed by atoms with van der Waals surface area (Å²) >= 11 is 1.08. The van der Waals surface area contributed by atoms with Crippen LogP contribution < -0.4 is 10.1 Å². The number of aliphatic hydroxyl groups is 1. The maximum absolute atomic E-state index is 9.77. The molecule has 0 amide bonds. The zero-order chi connectivity index (χ0) is 13.5. The molecule has 2 rings (SSSR count). The average Bonchev–Trinajstić information content (AvgIpc) is 3.06. The molecule has 0 aliphatic carbocycles. The van der Waals surface area contributed by atoms with Crippen LogP contribution in [0.1, 0.15) is 6.92 Å². The van der Waals surface area contributed by atoms with E-state index in [1.54, 1.807) is 6.20 Å². The Bertz CT molecular complexity index is 448. The molecule has 7 nitrogen and oxygen atoms in total. The minimum Gasteiger partial charge on any atom is -0.473 e. The summed E-state index contributed by atoms with van der Waals surface area (Å²) in [5.74, 6) is 0.452. The van der Waals surface area contributed by atoms with Crippen molar-refractivity contribution in [2.45, 2.75) is 25.6 Å². The van der Waals surface area contributed by atoms with Gasteiger partial charge < -0.3 is 15.2 Å². The average molecular weight is 283 g/mol. The van der Waals surface area contributed by atoms with Gasteiger partial charge in [0.25, 0.3) is 0 Å². The monoisotopic (exact) mass is 283 g/mol. The Morgan fingerprint density at radius 1 is 1.58 bits per heavy atom. The first-order chi connectivity index (χ1) is 9.24. The fourth-order valence-corrected chi connectivity index (χ4v) is 1.92. The Kier molecular flexibility index (Phi) is 5.25. The Labute approximate surface area is 115 Å². The van der Waals surface area contributed by atoms with Crippen LogP contribution in [-0.4, -0.2) is 48.9 Å². The third-order valence-corrected chi connectivity index (χ3v) is 2.95. The number of hydrogen-bond acceptors (Lipinski definition) is 7. The van der Waals surface area contributed by atoms with Crippen molar-refractivity contribution >= 4 is 11.7 Å². The number of nitrogens with one attached hydrogen (secondary N) is 1. The van der Waals surface area contributed by atoms with Crippen molar-refractivity contribution in [3.63, 3.8) is 0 Å². The van der Waals surface area contributed by atoms with Crippen LogP contribution in [0.4, 0.5) is 0 Å². The lowest BCUT2D eigenvalue weighted by atomic mass is 10.3. The van der Waals surface area contributed by atoms with Gasteiger partial charge in [0, 0.05) is 25.0 Å². The Balaban J connectivity index is 1.61. The molecule has 19 heavy (non-hydrogen) atoms. The molecule has 0 radical (unpaired) electrons. The molecular weight excluding hydrogens is 266 g/mol. The summed E-state index contributed by atoms with van der Waals surface area (Å²) in [6, 6.07) is 2.10. The molecule has 0 aromatic carbocycles. The lowest BCUT2D eigenvalue weighted by molar-refractivity contribution is 0.101. The van der Waals surface area contributed by atoms with Crippen LogP contribution in [0.25, 0.3) is 0 Å². The highest BCUT2D eigenvalue weighted by molar-refractivity contribution is 6.99. The molecule has 8 heteroatoms. The molecule has 0 bridgehead atoms. The van der Waals surface area contributed by atoms with Gasteiger partial charge in [-0.15, -0.1) is 4.37 Å². The smallest absolute Gasteiger partial charge is 0.245 e. The summed E-state index contributed by atoms with van der Waals surface area (Å²) in [6.45, 7) is 3.46. The second-order valence-electron chi connectivity index (χ2n) is 4.25. The number of nitrogens with zero attached hydrogens (tertiary/aromatic N) is 4. The fourth-order valence-electron chi connectivity index (χ4n) is 1.55. The summed E-state index contributed by atoms with van der Waals surface area (Å²) in [5, 5.41) is 17.1. The third-order valence-electron chi connectivity index (χ3n) is 2.49. The largest absolute Gasteiger partial charge is 0.473 e. The molecule has 2 aromatic rings. The summed E-state index contributed by atoms with van der Waals surface area (Å²) in [5.41, 5.74) is 0. The van der Waals surface area contributed by atoms with Gasteiger partial charge in [-0.25, -0.2) is 0 Å². The normalized spacial score (nSPS) is 14.2. The van der Waals surface area contributed by atoms with Crippen LogP contribution in [-0.2, 0) is 6.54 Å². The third kappa shape index (κ3) is 4.93. The zero-order valence-electron chi connectivity index (χ0n) is 10.6. The lowest BCUT2D eigenvalue weighted by Gasteiger charge is -2.17. The van der Waals surface area contributed by atoms with Crippen LogP contribution in [0.15, 0.2) is 24.7 Å². The van der Waals surface area contributed by atoms with E-state index in [-0.39, 0.29) is 12.6 Å². The second kappa shape index (κ2) is 7.17. The van der Waals surface area contributed by atoms with Gasteiger partial charge >= 0.3 is 0 Å². The summed E-state index contributed by atoms with van der Waals surface area (Å²) in [4.78, 5) is 0. The van der Waals surface area contributed by atoms with Crippen molar-refractivity contribution in [2.24, 2.45) is 0 Å². The Hall–Kier alpha value is -1.51. The van der Waals surface area contributed by atoms with Crippen molar-refractivity contribution in [3.05, 3.63) is 24.7 Å². The van der Waals surface area contributed by atoms with Gasteiger partial charge in [-0.05, 0) is 13.0 Å². The molecule has 104 valence electrons. The molecular formula is C11H17N5O2S. The van der Waals surface area contributed by atoms with E-state index in [1.165, 1.54) is 6.20 Å². The van der Waals surface area contributed by atoms with Crippen molar-refractivity contribution in [3.8, 4) is 5.88 Å². The first-order valence-electron chi connectivity index (χ1n) is 6.03. The van der Waals surface area contributed by atoms with Crippen LogP contribution in [0.5, 0.6) is 5.88 Å². The van der Waals surface area contributed by atoms with Crippen LogP contribution in [0.3, 0.4) is 0 Å². The second-order valence-corrected chi connectivity index (χ2v) is 4.80. The van der Waals surface area contributed by atoms with Gasteiger partial charge in [0.05, 0.1) is 18.3 Å². The standard InChI is InChI=1S/C11H17N5O2S/c1-9(7-16-4-2-3-13-16)12-5-10(17)8-18-11-6-14-19-15-11/h2-4,6,9-10,12,17H,5,7-8H2,1H3. The molecule has 0 spiro atoms. The van der Waals surface area contributed by atoms with Gasteiger partial charge in [0.1, 0.15) is 18.9 Å². The quantitative estimate of drug-likeness (QED) is 0.717. The molecule has 2 atom stereocenters. The van der Waals surface area contributed by atoms with E-state index < -0.39 is 6.10 Å². The van der Waals surface area contributed by atoms with Crippen molar-refractivity contribution in [1.29, 1.82) is 0 Å². The van der Waals surface area contributed by atoms with Crippen LogP contribution in [0, 0.1) is 0 Å². The predicted octanol–water partition coefficient (Wildman–Crippen LogP) is 0.153. The van der Waals surface area contributed by atoms with E-state index in [1.807, 2.05) is 23.9 Å². The summed E-state index contributed by atoms with van der Waals surface area (Å²) in [6.07, 6.45) is 4.61.